The van der Waals surface area contributed by atoms with E-state index in [9.17, 15) is 4.79 Å². The van der Waals surface area contributed by atoms with Crippen molar-refractivity contribution >= 4 is 5.91 Å². The van der Waals surface area contributed by atoms with Gasteiger partial charge in [-0.15, -0.1) is 0 Å². The maximum absolute atomic E-state index is 11.8. The van der Waals surface area contributed by atoms with Crippen LogP contribution in [-0.2, 0) is 11.3 Å². The van der Waals surface area contributed by atoms with E-state index in [4.69, 9.17) is 4.52 Å². The molecule has 0 saturated heterocycles. The summed E-state index contributed by atoms with van der Waals surface area (Å²) in [5, 5.41) is 3.75. The highest BCUT2D eigenvalue weighted by Crippen LogP contribution is 2.17. The molecule has 0 aromatic carbocycles. The largest absolute Gasteiger partial charge is 0.364 e. The van der Waals surface area contributed by atoms with E-state index in [0.717, 1.165) is 5.69 Å². The van der Waals surface area contributed by atoms with Crippen LogP contribution in [0.4, 0.5) is 0 Å². The highest BCUT2D eigenvalue weighted by molar-refractivity contribution is 5.81. The molecule has 1 heterocycles. The zero-order valence-corrected chi connectivity index (χ0v) is 9.07. The normalized spacial score (nSPS) is 11.4. The molecule has 0 bridgehead atoms. The maximum Gasteiger partial charge on any atom is 0.228 e. The van der Waals surface area contributed by atoms with Gasteiger partial charge in [-0.2, -0.15) is 0 Å². The highest BCUT2D eigenvalue weighted by atomic mass is 16.5. The molecule has 0 aliphatic carbocycles. The van der Waals surface area contributed by atoms with Crippen molar-refractivity contribution in [3.05, 3.63) is 18.0 Å². The third-order valence-corrected chi connectivity index (χ3v) is 1.88. The van der Waals surface area contributed by atoms with E-state index >= 15 is 0 Å². The van der Waals surface area contributed by atoms with Gasteiger partial charge >= 0.3 is 0 Å². The molecule has 4 heteroatoms. The number of rotatable bonds is 2. The van der Waals surface area contributed by atoms with Gasteiger partial charge < -0.3 is 9.42 Å². The minimum absolute atomic E-state index is 0.0977. The van der Waals surface area contributed by atoms with Crippen molar-refractivity contribution in [1.82, 2.24) is 10.1 Å². The number of nitrogens with zero attached hydrogens (tertiary/aromatic N) is 2. The fraction of sp³-hybridized carbons (Fsp3) is 0.600. The Morgan fingerprint density at radius 2 is 2.21 bits per heavy atom. The second kappa shape index (κ2) is 3.82. The molecule has 0 radical (unpaired) electrons. The number of carbonyl (C=O) groups is 1. The lowest BCUT2D eigenvalue weighted by Gasteiger charge is -2.25. The fourth-order valence-corrected chi connectivity index (χ4v) is 1.21. The van der Waals surface area contributed by atoms with E-state index in [1.165, 1.54) is 6.26 Å². The minimum Gasteiger partial charge on any atom is -0.364 e. The molecule has 0 unspecified atom stereocenters. The predicted molar refractivity (Wildman–Crippen MR) is 52.4 cm³/mol. The van der Waals surface area contributed by atoms with Crippen LogP contribution in [0.15, 0.2) is 16.9 Å². The van der Waals surface area contributed by atoms with Crippen molar-refractivity contribution in [3.8, 4) is 0 Å². The average Bonchev–Trinajstić information content (AvgIpc) is 2.53. The molecule has 0 atom stereocenters. The Morgan fingerprint density at radius 3 is 2.64 bits per heavy atom. The van der Waals surface area contributed by atoms with Crippen LogP contribution in [0.5, 0.6) is 0 Å². The number of amides is 1. The van der Waals surface area contributed by atoms with Crippen LogP contribution in [0, 0.1) is 5.41 Å². The first-order valence-electron chi connectivity index (χ1n) is 4.56. The summed E-state index contributed by atoms with van der Waals surface area (Å²) in [6.07, 6.45) is 1.50. The van der Waals surface area contributed by atoms with Crippen molar-refractivity contribution in [3.63, 3.8) is 0 Å². The van der Waals surface area contributed by atoms with E-state index < -0.39 is 0 Å². The number of aromatic nitrogens is 1. The summed E-state index contributed by atoms with van der Waals surface area (Å²) in [6.45, 7) is 6.19. The second-order valence-electron chi connectivity index (χ2n) is 4.40. The average molecular weight is 196 g/mol. The Bertz CT molecular complexity index is 298. The van der Waals surface area contributed by atoms with E-state index in [1.54, 1.807) is 18.0 Å². The topological polar surface area (TPSA) is 46.3 Å². The molecule has 1 aromatic rings. The van der Waals surface area contributed by atoms with Gasteiger partial charge in [0.15, 0.2) is 0 Å². The molecule has 0 aliphatic rings. The number of hydrogen-bond acceptors (Lipinski definition) is 3. The predicted octanol–water partition coefficient (Wildman–Crippen LogP) is 1.68. The van der Waals surface area contributed by atoms with Crippen LogP contribution in [0.3, 0.4) is 0 Å². The molecule has 1 aromatic heterocycles. The van der Waals surface area contributed by atoms with Crippen molar-refractivity contribution < 1.29 is 9.32 Å². The molecule has 0 N–H and O–H groups in total. The Morgan fingerprint density at radius 1 is 1.57 bits per heavy atom. The zero-order chi connectivity index (χ0) is 10.8. The molecule has 0 saturated carbocycles. The Labute approximate surface area is 83.9 Å². The molecule has 1 amide bonds. The van der Waals surface area contributed by atoms with E-state index in [-0.39, 0.29) is 11.3 Å². The van der Waals surface area contributed by atoms with Crippen molar-refractivity contribution in [2.45, 2.75) is 27.3 Å². The molecule has 0 aliphatic heterocycles. The molecule has 14 heavy (non-hydrogen) atoms. The van der Waals surface area contributed by atoms with Crippen molar-refractivity contribution in [1.29, 1.82) is 0 Å². The monoisotopic (exact) mass is 196 g/mol. The number of carbonyl (C=O) groups excluding carboxylic acids is 1. The third kappa shape index (κ3) is 2.58. The van der Waals surface area contributed by atoms with E-state index in [2.05, 4.69) is 5.16 Å². The van der Waals surface area contributed by atoms with Gasteiger partial charge in [-0.05, 0) is 0 Å². The molecule has 0 fully saturated rings. The lowest BCUT2D eigenvalue weighted by atomic mass is 9.95. The summed E-state index contributed by atoms with van der Waals surface area (Å²) >= 11 is 0. The summed E-state index contributed by atoms with van der Waals surface area (Å²) in [7, 11) is 1.77. The van der Waals surface area contributed by atoms with Gasteiger partial charge in [0.05, 0.1) is 6.54 Å². The fourth-order valence-electron chi connectivity index (χ4n) is 1.21. The molecular weight excluding hydrogens is 180 g/mol. The van der Waals surface area contributed by atoms with Crippen LogP contribution in [0.25, 0.3) is 0 Å². The summed E-state index contributed by atoms with van der Waals surface area (Å²) in [5.41, 5.74) is 0.420. The van der Waals surface area contributed by atoms with Gasteiger partial charge in [0.25, 0.3) is 0 Å². The molecule has 4 nitrogen and oxygen atoms in total. The second-order valence-corrected chi connectivity index (χ2v) is 4.40. The van der Waals surface area contributed by atoms with Gasteiger partial charge in [-0.1, -0.05) is 25.9 Å². The van der Waals surface area contributed by atoms with Crippen LogP contribution in [0.1, 0.15) is 26.5 Å². The summed E-state index contributed by atoms with van der Waals surface area (Å²) in [6, 6.07) is 1.76. The maximum atomic E-state index is 11.8. The lowest BCUT2D eigenvalue weighted by molar-refractivity contribution is -0.138. The van der Waals surface area contributed by atoms with Crippen LogP contribution < -0.4 is 0 Å². The minimum atomic E-state index is -0.349. The van der Waals surface area contributed by atoms with Crippen LogP contribution in [0.2, 0.25) is 0 Å². The first kappa shape index (κ1) is 10.8. The van der Waals surface area contributed by atoms with Crippen molar-refractivity contribution in [2.24, 2.45) is 5.41 Å². The Balaban J connectivity index is 2.59. The summed E-state index contributed by atoms with van der Waals surface area (Å²) < 4.78 is 4.69. The molecule has 78 valence electrons. The van der Waals surface area contributed by atoms with Gasteiger partial charge in [0, 0.05) is 18.5 Å². The summed E-state index contributed by atoms with van der Waals surface area (Å²) in [4.78, 5) is 13.4. The first-order valence-corrected chi connectivity index (χ1v) is 4.56. The highest BCUT2D eigenvalue weighted by Gasteiger charge is 2.25. The lowest BCUT2D eigenvalue weighted by Crippen LogP contribution is -2.36. The smallest absolute Gasteiger partial charge is 0.228 e. The Hall–Kier alpha value is -1.32. The van der Waals surface area contributed by atoms with E-state index in [1.807, 2.05) is 20.8 Å². The van der Waals surface area contributed by atoms with Gasteiger partial charge in [0.1, 0.15) is 12.0 Å². The van der Waals surface area contributed by atoms with Gasteiger partial charge in [-0.25, -0.2) is 0 Å². The van der Waals surface area contributed by atoms with E-state index in [0.29, 0.717) is 6.54 Å². The third-order valence-electron chi connectivity index (χ3n) is 1.88. The molecular formula is C10H16N2O2. The molecule has 1 rings (SSSR count). The van der Waals surface area contributed by atoms with Gasteiger partial charge in [0.2, 0.25) is 5.91 Å². The van der Waals surface area contributed by atoms with Crippen LogP contribution >= 0.6 is 0 Å². The zero-order valence-electron chi connectivity index (χ0n) is 9.07. The summed E-state index contributed by atoms with van der Waals surface area (Å²) in [5.74, 6) is 0.0977. The first-order chi connectivity index (χ1) is 6.41. The van der Waals surface area contributed by atoms with Crippen molar-refractivity contribution in [2.75, 3.05) is 7.05 Å². The Kier molecular flexibility index (Phi) is 2.93. The standard InChI is InChI=1S/C10H16N2O2/c1-10(2,3)9(13)12(4)7-8-5-6-14-11-8/h5-6H,7H2,1-4H3. The quantitative estimate of drug-likeness (QED) is 0.723. The SMILES string of the molecule is CN(Cc1ccon1)C(=O)C(C)(C)C. The molecule has 0 spiro atoms. The van der Waals surface area contributed by atoms with Crippen LogP contribution in [-0.4, -0.2) is 23.0 Å². The number of hydrogen-bond donors (Lipinski definition) is 0. The van der Waals surface area contributed by atoms with Gasteiger partial charge in [-0.3, -0.25) is 4.79 Å².